The summed E-state index contributed by atoms with van der Waals surface area (Å²) >= 11 is 0. The van der Waals surface area contributed by atoms with Crippen LogP contribution in [0.1, 0.15) is 23.3 Å². The lowest BCUT2D eigenvalue weighted by Crippen LogP contribution is -2.14. The van der Waals surface area contributed by atoms with Crippen molar-refractivity contribution in [2.75, 3.05) is 32.5 Å². The molecule has 0 amide bonds. The van der Waals surface area contributed by atoms with Crippen molar-refractivity contribution in [1.82, 2.24) is 19.9 Å². The molecule has 36 heavy (non-hydrogen) atoms. The van der Waals surface area contributed by atoms with Crippen molar-refractivity contribution in [1.29, 1.82) is 0 Å². The normalized spacial score (nSPS) is 25.0. The van der Waals surface area contributed by atoms with Gasteiger partial charge in [-0.3, -0.25) is 0 Å². The first-order valence-corrected chi connectivity index (χ1v) is 11.7. The second-order valence-corrected chi connectivity index (χ2v) is 8.92. The molecule has 4 aliphatic heterocycles. The van der Waals surface area contributed by atoms with Crippen molar-refractivity contribution in [2.45, 2.75) is 12.2 Å². The summed E-state index contributed by atoms with van der Waals surface area (Å²) in [5.74, 6) is 4.26. The van der Waals surface area contributed by atoms with Gasteiger partial charge in [-0.25, -0.2) is 15.0 Å². The molecule has 6 heterocycles. The average Bonchev–Trinajstić information content (AvgIpc) is 3.71. The van der Waals surface area contributed by atoms with Gasteiger partial charge in [0.25, 0.3) is 0 Å². The van der Waals surface area contributed by atoms with Crippen molar-refractivity contribution >= 4 is 17.0 Å². The number of ether oxygens (including phenoxy) is 6. The Balaban J connectivity index is 0.000000185. The number of anilines is 1. The van der Waals surface area contributed by atoms with Crippen LogP contribution in [0.15, 0.2) is 49.1 Å². The number of rotatable bonds is 2. The van der Waals surface area contributed by atoms with Crippen molar-refractivity contribution in [3.8, 4) is 23.0 Å². The number of aromatic nitrogens is 4. The van der Waals surface area contributed by atoms with Crippen LogP contribution in [0.4, 0.5) is 5.82 Å². The molecule has 8 rings (SSSR count). The van der Waals surface area contributed by atoms with E-state index in [2.05, 4.69) is 32.1 Å². The van der Waals surface area contributed by atoms with Crippen molar-refractivity contribution in [2.24, 2.45) is 11.8 Å². The molecule has 11 heteroatoms. The molecule has 4 aliphatic rings. The summed E-state index contributed by atoms with van der Waals surface area (Å²) in [4.78, 5) is 14.4. The molecule has 0 aliphatic carbocycles. The molecule has 2 aromatic heterocycles. The van der Waals surface area contributed by atoms with Gasteiger partial charge in [0.1, 0.15) is 11.8 Å². The van der Waals surface area contributed by atoms with Gasteiger partial charge in [-0.15, -0.1) is 0 Å². The van der Waals surface area contributed by atoms with Crippen LogP contribution in [-0.4, -0.2) is 46.7 Å². The van der Waals surface area contributed by atoms with Gasteiger partial charge in [-0.05, 0) is 35.4 Å². The summed E-state index contributed by atoms with van der Waals surface area (Å²) in [6, 6.07) is 12.1. The fourth-order valence-corrected chi connectivity index (χ4v) is 5.20. The smallest absolute Gasteiger partial charge is 0.231 e. The molecule has 4 unspecified atom stereocenters. The Kier molecular flexibility index (Phi) is 5.03. The minimum Gasteiger partial charge on any atom is -0.454 e. The Morgan fingerprint density at radius 1 is 0.722 bits per heavy atom. The molecule has 4 aromatic rings. The van der Waals surface area contributed by atoms with Crippen LogP contribution in [0.5, 0.6) is 23.0 Å². The van der Waals surface area contributed by atoms with E-state index in [-0.39, 0.29) is 25.8 Å². The minimum absolute atomic E-state index is 0.0218. The van der Waals surface area contributed by atoms with Crippen LogP contribution in [0.2, 0.25) is 0 Å². The fraction of sp³-hybridized carbons (Fsp3) is 0.320. The lowest BCUT2D eigenvalue weighted by Gasteiger charge is -2.17. The first-order chi connectivity index (χ1) is 17.7. The molecular formula is C25H23N5O6. The maximum atomic E-state index is 6.18. The quantitative estimate of drug-likeness (QED) is 0.432. The Labute approximate surface area is 205 Å². The highest BCUT2D eigenvalue weighted by molar-refractivity contribution is 5.80. The van der Waals surface area contributed by atoms with Crippen LogP contribution in [-0.2, 0) is 9.47 Å². The summed E-state index contributed by atoms with van der Waals surface area (Å²) < 4.78 is 34.2. The Bertz CT molecular complexity index is 1360. The second-order valence-electron chi connectivity index (χ2n) is 8.92. The predicted octanol–water partition coefficient (Wildman–Crippen LogP) is 3.15. The van der Waals surface area contributed by atoms with Gasteiger partial charge >= 0.3 is 0 Å². The van der Waals surface area contributed by atoms with E-state index in [4.69, 9.17) is 34.2 Å². The van der Waals surface area contributed by atoms with E-state index in [1.807, 2.05) is 24.3 Å². The van der Waals surface area contributed by atoms with Gasteiger partial charge in [0.15, 0.2) is 34.5 Å². The monoisotopic (exact) mass is 489 g/mol. The lowest BCUT2D eigenvalue weighted by molar-refractivity contribution is 0.0192. The standard InChI is InChI=1S/C20H18O6.C5H5N5/c1-3-15-17(25-9-23-15)5-11(1)19-13-7-22-20(14(13)8-21-19)12-2-4-16-18(6-12)26-10-24-16;6-4-3-5(9-1-7-3)10-2-8-4/h1-6,13-14,19-20H,7-10H2;1-2H,(H3,6,7,8,9,10). The molecule has 0 spiro atoms. The minimum atomic E-state index is 0.0218. The summed E-state index contributed by atoms with van der Waals surface area (Å²) in [7, 11) is 0. The number of nitrogens with two attached hydrogens (primary N) is 1. The SMILES string of the molecule is Nc1ncnc2nc[nH]c12.c1cc2c(cc1C1OCC3C(c4ccc5c(c4)OCO5)OCC13)OCO2. The highest BCUT2D eigenvalue weighted by Gasteiger charge is 2.48. The molecule has 4 atom stereocenters. The molecular weight excluding hydrogens is 466 g/mol. The van der Waals surface area contributed by atoms with E-state index in [0.717, 1.165) is 34.1 Å². The molecule has 0 radical (unpaired) electrons. The predicted molar refractivity (Wildman–Crippen MR) is 126 cm³/mol. The summed E-state index contributed by atoms with van der Waals surface area (Å²) in [6.45, 7) is 1.93. The Hall–Kier alpha value is -4.09. The number of H-pyrrole nitrogens is 1. The third-order valence-corrected chi connectivity index (χ3v) is 6.97. The van der Waals surface area contributed by atoms with Crippen LogP contribution in [0, 0.1) is 11.8 Å². The second kappa shape index (κ2) is 8.54. The summed E-state index contributed by atoms with van der Waals surface area (Å²) in [6.07, 6.45) is 2.97. The van der Waals surface area contributed by atoms with Gasteiger partial charge in [0.2, 0.25) is 13.6 Å². The third kappa shape index (κ3) is 3.55. The van der Waals surface area contributed by atoms with Crippen molar-refractivity contribution < 1.29 is 28.4 Å². The third-order valence-electron chi connectivity index (χ3n) is 6.97. The van der Waals surface area contributed by atoms with Crippen LogP contribution >= 0.6 is 0 Å². The largest absolute Gasteiger partial charge is 0.454 e. The van der Waals surface area contributed by atoms with Gasteiger partial charge in [0.05, 0.1) is 31.7 Å². The first kappa shape index (κ1) is 21.2. The van der Waals surface area contributed by atoms with E-state index in [1.54, 1.807) is 0 Å². The number of imidazole rings is 1. The Morgan fingerprint density at radius 3 is 1.89 bits per heavy atom. The first-order valence-electron chi connectivity index (χ1n) is 11.7. The van der Waals surface area contributed by atoms with E-state index < -0.39 is 0 Å². The molecule has 2 aromatic carbocycles. The van der Waals surface area contributed by atoms with E-state index in [1.165, 1.54) is 12.7 Å². The summed E-state index contributed by atoms with van der Waals surface area (Å²) in [5, 5.41) is 0. The molecule has 0 bridgehead atoms. The lowest BCUT2D eigenvalue weighted by atomic mass is 9.85. The van der Waals surface area contributed by atoms with Crippen molar-refractivity contribution in [3.05, 3.63) is 60.2 Å². The molecule has 2 saturated heterocycles. The zero-order valence-electron chi connectivity index (χ0n) is 19.1. The van der Waals surface area contributed by atoms with Gasteiger partial charge in [-0.2, -0.15) is 0 Å². The van der Waals surface area contributed by atoms with E-state index in [9.17, 15) is 0 Å². The van der Waals surface area contributed by atoms with Crippen LogP contribution < -0.4 is 24.7 Å². The number of nitrogens with zero attached hydrogens (tertiary/aromatic N) is 3. The van der Waals surface area contributed by atoms with E-state index >= 15 is 0 Å². The fourth-order valence-electron chi connectivity index (χ4n) is 5.20. The maximum Gasteiger partial charge on any atom is 0.231 e. The summed E-state index contributed by atoms with van der Waals surface area (Å²) in [5.41, 5.74) is 9.02. The van der Waals surface area contributed by atoms with Crippen molar-refractivity contribution in [3.63, 3.8) is 0 Å². The van der Waals surface area contributed by atoms with Crippen LogP contribution in [0.3, 0.4) is 0 Å². The number of nitrogen functional groups attached to an aromatic ring is 1. The highest BCUT2D eigenvalue weighted by atomic mass is 16.7. The van der Waals surface area contributed by atoms with Gasteiger partial charge < -0.3 is 39.1 Å². The number of aromatic amines is 1. The zero-order chi connectivity index (χ0) is 24.1. The number of hydrogen-bond acceptors (Lipinski definition) is 10. The average molecular weight is 489 g/mol. The van der Waals surface area contributed by atoms with Gasteiger partial charge in [-0.1, -0.05) is 12.1 Å². The van der Waals surface area contributed by atoms with Gasteiger partial charge in [0, 0.05) is 11.8 Å². The number of fused-ring (bicyclic) bond motifs is 4. The molecule has 184 valence electrons. The molecule has 3 N–H and O–H groups in total. The number of benzene rings is 2. The highest BCUT2D eigenvalue weighted by Crippen LogP contribution is 2.52. The topological polar surface area (TPSA) is 136 Å². The molecule has 11 nitrogen and oxygen atoms in total. The zero-order valence-corrected chi connectivity index (χ0v) is 19.1. The molecule has 0 saturated carbocycles. The van der Waals surface area contributed by atoms with Crippen LogP contribution in [0.25, 0.3) is 11.2 Å². The Morgan fingerprint density at radius 2 is 1.31 bits per heavy atom. The number of hydrogen-bond donors (Lipinski definition) is 2. The number of nitrogens with one attached hydrogen (secondary N) is 1. The van der Waals surface area contributed by atoms with E-state index in [0.29, 0.717) is 42.0 Å². The maximum absolute atomic E-state index is 6.18. The molecule has 2 fully saturated rings.